The van der Waals surface area contributed by atoms with Crippen LogP contribution in [0.15, 0.2) is 84.9 Å². The smallest absolute Gasteiger partial charge is 0.127 e. The lowest BCUT2D eigenvalue weighted by molar-refractivity contribution is 0.340. The minimum absolute atomic E-state index is 0.667. The molecule has 140 valence electrons. The lowest BCUT2D eigenvalue weighted by Gasteiger charge is -2.12. The zero-order chi connectivity index (χ0) is 19.3. The fourth-order valence-electron chi connectivity index (χ4n) is 3.56. The van der Waals surface area contributed by atoms with Crippen LogP contribution in [-0.2, 0) is 0 Å². The fraction of sp³-hybridized carbons (Fsp3) is 0.154. The van der Waals surface area contributed by atoms with E-state index in [1.165, 1.54) is 27.6 Å². The molecule has 0 N–H and O–H groups in total. The molecule has 4 aromatic rings. The standard InChI is InChI=1S/C26H24O2/c1-3-27-22-15-13-20(14-16-22)19-9-11-21(12-10-19)23-17-18-26(28-4-2)25-8-6-5-7-24(23)25/h5-18H,3-4H2,1-2H3. The first-order chi connectivity index (χ1) is 13.8. The van der Waals surface area contributed by atoms with E-state index >= 15 is 0 Å². The largest absolute Gasteiger partial charge is 0.494 e. The lowest BCUT2D eigenvalue weighted by Crippen LogP contribution is -1.93. The number of hydrogen-bond acceptors (Lipinski definition) is 2. The normalized spacial score (nSPS) is 10.8. The van der Waals surface area contributed by atoms with Crippen molar-refractivity contribution < 1.29 is 9.47 Å². The number of ether oxygens (including phenoxy) is 2. The van der Waals surface area contributed by atoms with Crippen molar-refractivity contribution in [3.63, 3.8) is 0 Å². The summed E-state index contributed by atoms with van der Waals surface area (Å²) in [7, 11) is 0. The predicted molar refractivity (Wildman–Crippen MR) is 117 cm³/mol. The molecule has 0 radical (unpaired) electrons. The monoisotopic (exact) mass is 368 g/mol. The van der Waals surface area contributed by atoms with Gasteiger partial charge in [0.25, 0.3) is 0 Å². The third kappa shape index (κ3) is 3.59. The first-order valence-electron chi connectivity index (χ1n) is 9.78. The Morgan fingerprint density at radius 1 is 0.536 bits per heavy atom. The van der Waals surface area contributed by atoms with Gasteiger partial charge < -0.3 is 9.47 Å². The molecule has 4 rings (SSSR count). The Labute approximate surface area is 166 Å². The minimum Gasteiger partial charge on any atom is -0.494 e. The van der Waals surface area contributed by atoms with Crippen LogP contribution < -0.4 is 9.47 Å². The Kier molecular flexibility index (Phi) is 5.29. The quantitative estimate of drug-likeness (QED) is 0.366. The Hall–Kier alpha value is -3.26. The number of benzene rings is 4. The van der Waals surface area contributed by atoms with E-state index in [4.69, 9.17) is 9.47 Å². The molecule has 0 aliphatic rings. The van der Waals surface area contributed by atoms with Gasteiger partial charge in [0.15, 0.2) is 0 Å². The van der Waals surface area contributed by atoms with Gasteiger partial charge in [-0.3, -0.25) is 0 Å². The first-order valence-corrected chi connectivity index (χ1v) is 9.78. The Bertz CT molecular complexity index is 1060. The third-order valence-corrected chi connectivity index (χ3v) is 4.88. The summed E-state index contributed by atoms with van der Waals surface area (Å²) in [5.74, 6) is 1.84. The van der Waals surface area contributed by atoms with Crippen LogP contribution in [0.1, 0.15) is 13.8 Å². The summed E-state index contributed by atoms with van der Waals surface area (Å²) in [5, 5.41) is 2.36. The number of hydrogen-bond donors (Lipinski definition) is 0. The Morgan fingerprint density at radius 3 is 1.75 bits per heavy atom. The van der Waals surface area contributed by atoms with E-state index < -0.39 is 0 Å². The molecule has 0 spiro atoms. The summed E-state index contributed by atoms with van der Waals surface area (Å²) >= 11 is 0. The van der Waals surface area contributed by atoms with Crippen LogP contribution in [0.2, 0.25) is 0 Å². The van der Waals surface area contributed by atoms with Crippen molar-refractivity contribution in [2.45, 2.75) is 13.8 Å². The van der Waals surface area contributed by atoms with Crippen molar-refractivity contribution in [2.24, 2.45) is 0 Å². The Morgan fingerprint density at radius 2 is 1.11 bits per heavy atom. The molecule has 4 aromatic carbocycles. The van der Waals surface area contributed by atoms with E-state index in [9.17, 15) is 0 Å². The van der Waals surface area contributed by atoms with Crippen LogP contribution in [0.5, 0.6) is 11.5 Å². The maximum absolute atomic E-state index is 5.80. The van der Waals surface area contributed by atoms with Gasteiger partial charge in [-0.2, -0.15) is 0 Å². The molecule has 0 aliphatic carbocycles. The molecule has 28 heavy (non-hydrogen) atoms. The van der Waals surface area contributed by atoms with Gasteiger partial charge in [-0.15, -0.1) is 0 Å². The maximum Gasteiger partial charge on any atom is 0.127 e. The van der Waals surface area contributed by atoms with Gasteiger partial charge in [-0.1, -0.05) is 66.7 Å². The molecule has 2 nitrogen and oxygen atoms in total. The highest BCUT2D eigenvalue weighted by atomic mass is 16.5. The predicted octanol–water partition coefficient (Wildman–Crippen LogP) is 6.97. The average molecular weight is 368 g/mol. The topological polar surface area (TPSA) is 18.5 Å². The highest BCUT2D eigenvalue weighted by molar-refractivity contribution is 6.00. The molecule has 0 amide bonds. The summed E-state index contributed by atoms with van der Waals surface area (Å²) in [6.45, 7) is 5.36. The zero-order valence-electron chi connectivity index (χ0n) is 16.3. The van der Waals surface area contributed by atoms with Gasteiger partial charge in [0.2, 0.25) is 0 Å². The molecule has 0 aliphatic heterocycles. The van der Waals surface area contributed by atoms with Crippen LogP contribution in [0.25, 0.3) is 33.0 Å². The number of fused-ring (bicyclic) bond motifs is 1. The summed E-state index contributed by atoms with van der Waals surface area (Å²) in [4.78, 5) is 0. The van der Waals surface area contributed by atoms with Crippen molar-refractivity contribution in [2.75, 3.05) is 13.2 Å². The van der Waals surface area contributed by atoms with Crippen molar-refractivity contribution in [3.05, 3.63) is 84.9 Å². The van der Waals surface area contributed by atoms with Gasteiger partial charge in [0.1, 0.15) is 11.5 Å². The minimum atomic E-state index is 0.667. The maximum atomic E-state index is 5.80. The molecule has 0 fully saturated rings. The molecule has 2 heteroatoms. The van der Waals surface area contributed by atoms with Crippen LogP contribution in [-0.4, -0.2) is 13.2 Å². The van der Waals surface area contributed by atoms with E-state index in [1.807, 2.05) is 26.0 Å². The molecule has 0 bridgehead atoms. The molecule has 0 heterocycles. The average Bonchev–Trinajstić information content (AvgIpc) is 2.75. The summed E-state index contributed by atoms with van der Waals surface area (Å²) in [5.41, 5.74) is 4.81. The highest BCUT2D eigenvalue weighted by Crippen LogP contribution is 2.35. The van der Waals surface area contributed by atoms with Gasteiger partial charge in [-0.05, 0) is 59.7 Å². The van der Waals surface area contributed by atoms with Crippen molar-refractivity contribution >= 4 is 10.8 Å². The first kappa shape index (κ1) is 18.1. The van der Waals surface area contributed by atoms with E-state index in [2.05, 4.69) is 72.8 Å². The van der Waals surface area contributed by atoms with Gasteiger partial charge in [0.05, 0.1) is 13.2 Å². The third-order valence-electron chi connectivity index (χ3n) is 4.88. The van der Waals surface area contributed by atoms with Gasteiger partial charge in [-0.25, -0.2) is 0 Å². The molecular formula is C26H24O2. The fourth-order valence-corrected chi connectivity index (χ4v) is 3.56. The lowest BCUT2D eigenvalue weighted by atomic mass is 9.96. The van der Waals surface area contributed by atoms with E-state index in [-0.39, 0.29) is 0 Å². The van der Waals surface area contributed by atoms with E-state index in [0.717, 1.165) is 16.9 Å². The summed E-state index contributed by atoms with van der Waals surface area (Å²) in [6, 6.07) is 29.6. The van der Waals surface area contributed by atoms with Crippen molar-refractivity contribution in [3.8, 4) is 33.8 Å². The highest BCUT2D eigenvalue weighted by Gasteiger charge is 2.08. The summed E-state index contributed by atoms with van der Waals surface area (Å²) in [6.07, 6.45) is 0. The number of rotatable bonds is 6. The van der Waals surface area contributed by atoms with Crippen LogP contribution >= 0.6 is 0 Å². The molecule has 0 saturated heterocycles. The zero-order valence-corrected chi connectivity index (χ0v) is 16.3. The van der Waals surface area contributed by atoms with Crippen LogP contribution in [0.4, 0.5) is 0 Å². The second-order valence-electron chi connectivity index (χ2n) is 6.62. The molecule has 0 atom stereocenters. The van der Waals surface area contributed by atoms with Crippen molar-refractivity contribution in [1.29, 1.82) is 0 Å². The second-order valence-corrected chi connectivity index (χ2v) is 6.62. The van der Waals surface area contributed by atoms with Crippen molar-refractivity contribution in [1.82, 2.24) is 0 Å². The summed E-state index contributed by atoms with van der Waals surface area (Å²) < 4.78 is 11.3. The van der Waals surface area contributed by atoms with Gasteiger partial charge >= 0.3 is 0 Å². The van der Waals surface area contributed by atoms with Crippen LogP contribution in [0, 0.1) is 0 Å². The van der Waals surface area contributed by atoms with Gasteiger partial charge in [0, 0.05) is 5.39 Å². The van der Waals surface area contributed by atoms with Crippen LogP contribution in [0.3, 0.4) is 0 Å². The van der Waals surface area contributed by atoms with E-state index in [1.54, 1.807) is 0 Å². The second kappa shape index (κ2) is 8.18. The van der Waals surface area contributed by atoms with E-state index in [0.29, 0.717) is 13.2 Å². The molecular weight excluding hydrogens is 344 g/mol. The molecule has 0 saturated carbocycles. The SMILES string of the molecule is CCOc1ccc(-c2ccc(-c3ccc(OCC)c4ccccc34)cc2)cc1. The molecule has 0 aromatic heterocycles. The Balaban J connectivity index is 1.68. The molecule has 0 unspecified atom stereocenters.